The van der Waals surface area contributed by atoms with Gasteiger partial charge >= 0.3 is 0 Å². The number of Topliss-reactive ketones (excluding diaryl/α,β-unsaturated/α-hetero) is 1. The number of rotatable bonds is 6. The zero-order valence-electron chi connectivity index (χ0n) is 16.3. The van der Waals surface area contributed by atoms with Crippen LogP contribution in [0.4, 0.5) is 0 Å². The average Bonchev–Trinajstić information content (AvgIpc) is 2.71. The molecule has 0 amide bonds. The fourth-order valence-corrected chi connectivity index (χ4v) is 3.67. The van der Waals surface area contributed by atoms with Crippen LogP contribution in [0, 0.1) is 13.8 Å². The lowest BCUT2D eigenvalue weighted by Crippen LogP contribution is -2.23. The largest absolute Gasteiger partial charge is 0.497 e. The Labute approximate surface area is 168 Å². The summed E-state index contributed by atoms with van der Waals surface area (Å²) in [4.78, 5) is 29.8. The highest BCUT2D eigenvalue weighted by molar-refractivity contribution is 8.00. The van der Waals surface area contributed by atoms with E-state index in [2.05, 4.69) is 4.98 Å². The van der Waals surface area contributed by atoms with E-state index in [0.29, 0.717) is 22.0 Å². The summed E-state index contributed by atoms with van der Waals surface area (Å²) >= 11 is 1.18. The number of carbonyl (C=O) groups excluding carboxylic acids is 1. The summed E-state index contributed by atoms with van der Waals surface area (Å²) in [6.07, 6.45) is 3.19. The first-order valence-corrected chi connectivity index (χ1v) is 9.79. The zero-order valence-corrected chi connectivity index (χ0v) is 17.1. The van der Waals surface area contributed by atoms with Crippen LogP contribution < -0.4 is 10.3 Å². The molecular weight excluding hydrogens is 372 g/mol. The summed E-state index contributed by atoms with van der Waals surface area (Å²) in [6, 6.07) is 12.9. The summed E-state index contributed by atoms with van der Waals surface area (Å²) in [7, 11) is 1.59. The number of methoxy groups -OCH3 is 1. The van der Waals surface area contributed by atoms with E-state index in [0.717, 1.165) is 11.1 Å². The molecule has 5 nitrogen and oxygen atoms in total. The Balaban J connectivity index is 1.84. The van der Waals surface area contributed by atoms with E-state index in [1.54, 1.807) is 50.7 Å². The Bertz CT molecular complexity index is 1060. The molecule has 0 saturated carbocycles. The van der Waals surface area contributed by atoms with Gasteiger partial charge in [-0.25, -0.2) is 4.98 Å². The van der Waals surface area contributed by atoms with Gasteiger partial charge in [-0.1, -0.05) is 23.9 Å². The van der Waals surface area contributed by atoms with Gasteiger partial charge in [0.25, 0.3) is 5.56 Å². The molecule has 0 aliphatic heterocycles. The van der Waals surface area contributed by atoms with Crippen LogP contribution in [0.5, 0.6) is 5.75 Å². The SMILES string of the molecule is COc1ccc(-n2ccnc(S[C@H](C)C(=O)c3ccc(C)c(C)c3)c2=O)cc1. The molecule has 3 aromatic rings. The van der Waals surface area contributed by atoms with Gasteiger partial charge in [0.1, 0.15) is 5.75 Å². The predicted octanol–water partition coefficient (Wildman–Crippen LogP) is 4.22. The first-order chi connectivity index (χ1) is 13.4. The normalized spacial score (nSPS) is 11.9. The molecule has 0 bridgehead atoms. The first-order valence-electron chi connectivity index (χ1n) is 8.91. The van der Waals surface area contributed by atoms with Gasteiger partial charge in [-0.05, 0) is 62.2 Å². The van der Waals surface area contributed by atoms with Crippen molar-refractivity contribution in [1.82, 2.24) is 9.55 Å². The summed E-state index contributed by atoms with van der Waals surface area (Å²) < 4.78 is 6.67. The van der Waals surface area contributed by atoms with E-state index in [1.807, 2.05) is 32.0 Å². The lowest BCUT2D eigenvalue weighted by atomic mass is 10.0. The Morgan fingerprint density at radius 3 is 2.46 bits per heavy atom. The predicted molar refractivity (Wildman–Crippen MR) is 112 cm³/mol. The van der Waals surface area contributed by atoms with E-state index in [9.17, 15) is 9.59 Å². The number of nitrogens with zero attached hydrogens (tertiary/aromatic N) is 2. The number of hydrogen-bond donors (Lipinski definition) is 0. The minimum Gasteiger partial charge on any atom is -0.497 e. The van der Waals surface area contributed by atoms with Crippen LogP contribution in [0.25, 0.3) is 5.69 Å². The third-order valence-corrected chi connectivity index (χ3v) is 5.68. The van der Waals surface area contributed by atoms with E-state index in [4.69, 9.17) is 4.74 Å². The summed E-state index contributed by atoms with van der Waals surface area (Å²) in [5.74, 6) is 0.696. The fraction of sp³-hybridized carbons (Fsp3) is 0.227. The van der Waals surface area contributed by atoms with Crippen molar-refractivity contribution >= 4 is 17.5 Å². The number of carbonyl (C=O) groups is 1. The number of benzene rings is 2. The van der Waals surface area contributed by atoms with Gasteiger partial charge in [0.15, 0.2) is 10.8 Å². The molecule has 0 fully saturated rings. The third-order valence-electron chi connectivity index (χ3n) is 4.61. The smallest absolute Gasteiger partial charge is 0.287 e. The Morgan fingerprint density at radius 1 is 1.11 bits per heavy atom. The molecule has 0 aliphatic rings. The highest BCUT2D eigenvalue weighted by Gasteiger charge is 2.20. The fourth-order valence-electron chi connectivity index (χ4n) is 2.77. The van der Waals surface area contributed by atoms with Crippen LogP contribution in [0.2, 0.25) is 0 Å². The van der Waals surface area contributed by atoms with E-state index >= 15 is 0 Å². The van der Waals surface area contributed by atoms with Gasteiger partial charge in [0.2, 0.25) is 0 Å². The van der Waals surface area contributed by atoms with Crippen molar-refractivity contribution in [3.63, 3.8) is 0 Å². The summed E-state index contributed by atoms with van der Waals surface area (Å²) in [6.45, 7) is 5.79. The molecule has 2 aromatic carbocycles. The van der Waals surface area contributed by atoms with Gasteiger partial charge in [0.05, 0.1) is 12.4 Å². The second-order valence-electron chi connectivity index (χ2n) is 6.53. The van der Waals surface area contributed by atoms with Crippen LogP contribution in [-0.4, -0.2) is 27.7 Å². The summed E-state index contributed by atoms with van der Waals surface area (Å²) in [5, 5.41) is -0.128. The molecule has 1 atom stereocenters. The van der Waals surface area contributed by atoms with Crippen LogP contribution in [0.3, 0.4) is 0 Å². The molecule has 0 unspecified atom stereocenters. The van der Waals surface area contributed by atoms with Crippen molar-refractivity contribution in [2.75, 3.05) is 7.11 Å². The maximum absolute atomic E-state index is 12.9. The first kappa shape index (κ1) is 19.9. The Kier molecular flexibility index (Phi) is 5.99. The third kappa shape index (κ3) is 4.17. The molecule has 6 heteroatoms. The second kappa shape index (κ2) is 8.44. The minimum absolute atomic E-state index is 0.0193. The number of ether oxygens (including phenoxy) is 1. The second-order valence-corrected chi connectivity index (χ2v) is 7.86. The van der Waals surface area contributed by atoms with Gasteiger partial charge in [-0.15, -0.1) is 0 Å². The van der Waals surface area contributed by atoms with Crippen molar-refractivity contribution in [1.29, 1.82) is 0 Å². The maximum atomic E-state index is 12.9. The van der Waals surface area contributed by atoms with E-state index < -0.39 is 5.25 Å². The quantitative estimate of drug-likeness (QED) is 0.463. The molecule has 0 spiro atoms. The van der Waals surface area contributed by atoms with Gasteiger partial charge in [-0.3, -0.25) is 14.2 Å². The van der Waals surface area contributed by atoms with Crippen LogP contribution in [0.15, 0.2) is 64.7 Å². The van der Waals surface area contributed by atoms with Crippen LogP contribution in [-0.2, 0) is 0 Å². The molecule has 144 valence electrons. The van der Waals surface area contributed by atoms with Crippen molar-refractivity contribution in [3.05, 3.63) is 81.9 Å². The van der Waals surface area contributed by atoms with Gasteiger partial charge < -0.3 is 4.74 Å². The monoisotopic (exact) mass is 394 g/mol. The number of aryl methyl sites for hydroxylation is 2. The van der Waals surface area contributed by atoms with Gasteiger partial charge in [0, 0.05) is 23.6 Å². The lowest BCUT2D eigenvalue weighted by Gasteiger charge is -2.12. The van der Waals surface area contributed by atoms with Crippen molar-refractivity contribution in [3.8, 4) is 11.4 Å². The van der Waals surface area contributed by atoms with Crippen molar-refractivity contribution in [2.24, 2.45) is 0 Å². The Hall–Kier alpha value is -2.86. The summed E-state index contributed by atoms with van der Waals surface area (Å²) in [5.41, 5.74) is 3.32. The number of ketones is 1. The van der Waals surface area contributed by atoms with E-state index in [1.165, 1.54) is 16.3 Å². The molecule has 1 heterocycles. The molecule has 0 radical (unpaired) electrons. The molecule has 0 N–H and O–H groups in total. The van der Waals surface area contributed by atoms with Crippen LogP contribution >= 0.6 is 11.8 Å². The molecule has 3 rings (SSSR count). The number of aromatic nitrogens is 2. The highest BCUT2D eigenvalue weighted by atomic mass is 32.2. The topological polar surface area (TPSA) is 61.2 Å². The van der Waals surface area contributed by atoms with Crippen LogP contribution in [0.1, 0.15) is 28.4 Å². The van der Waals surface area contributed by atoms with Crippen molar-refractivity contribution < 1.29 is 9.53 Å². The molecule has 0 aliphatic carbocycles. The minimum atomic E-state index is -0.422. The number of thioether (sulfide) groups is 1. The molecule has 1 aromatic heterocycles. The average molecular weight is 394 g/mol. The number of hydrogen-bond acceptors (Lipinski definition) is 5. The highest BCUT2D eigenvalue weighted by Crippen LogP contribution is 2.23. The lowest BCUT2D eigenvalue weighted by molar-refractivity contribution is 0.0994. The molecule has 0 saturated heterocycles. The van der Waals surface area contributed by atoms with Crippen molar-refractivity contribution in [2.45, 2.75) is 31.0 Å². The Morgan fingerprint density at radius 2 is 1.82 bits per heavy atom. The van der Waals surface area contributed by atoms with E-state index in [-0.39, 0.29) is 11.3 Å². The standard InChI is InChI=1S/C22H22N2O3S/c1-14-5-6-17(13-15(14)2)20(25)16(3)28-21-22(26)24(12-11-23-21)18-7-9-19(27-4)10-8-18/h5-13,16H,1-4H3/t16-/m1/s1. The molecular formula is C22H22N2O3S. The van der Waals surface area contributed by atoms with Gasteiger partial charge in [-0.2, -0.15) is 0 Å². The maximum Gasteiger partial charge on any atom is 0.287 e. The molecule has 28 heavy (non-hydrogen) atoms. The zero-order chi connectivity index (χ0) is 20.3.